The van der Waals surface area contributed by atoms with Crippen LogP contribution < -0.4 is 4.72 Å². The molecule has 0 radical (unpaired) electrons. The fourth-order valence-corrected chi connectivity index (χ4v) is 7.13. The lowest BCUT2D eigenvalue weighted by Crippen LogP contribution is -2.44. The standard InChI is InChI=1S/C27H29ClN2O2S/c1-19-12-15-26(25(28)17-19)29-33(31,32)30-16-6-9-22(18-30)27-23-10-4-2-7-20(23)13-14-21-8-3-5-11-24(21)27/h2-5,7-8,10-12,15,17,22,27,29H,6,9,13-14,16,18H2,1H3. The van der Waals surface area contributed by atoms with Gasteiger partial charge in [0, 0.05) is 19.0 Å². The van der Waals surface area contributed by atoms with Crippen LogP contribution in [0.3, 0.4) is 0 Å². The van der Waals surface area contributed by atoms with Crippen LogP contribution in [-0.2, 0) is 23.1 Å². The zero-order chi connectivity index (χ0) is 23.0. The summed E-state index contributed by atoms with van der Waals surface area (Å²) in [7, 11) is -3.71. The number of rotatable bonds is 4. The van der Waals surface area contributed by atoms with E-state index in [0.717, 1.165) is 31.2 Å². The lowest BCUT2D eigenvalue weighted by atomic mass is 9.76. The number of benzene rings is 3. The summed E-state index contributed by atoms with van der Waals surface area (Å²) >= 11 is 6.31. The summed E-state index contributed by atoms with van der Waals surface area (Å²) in [6.45, 7) is 2.94. The van der Waals surface area contributed by atoms with Crippen LogP contribution in [-0.4, -0.2) is 25.8 Å². The molecule has 1 N–H and O–H groups in total. The van der Waals surface area contributed by atoms with Crippen LogP contribution in [0.25, 0.3) is 0 Å². The molecule has 0 spiro atoms. The van der Waals surface area contributed by atoms with E-state index in [2.05, 4.69) is 53.3 Å². The summed E-state index contributed by atoms with van der Waals surface area (Å²) in [4.78, 5) is 0. The first-order valence-corrected chi connectivity index (χ1v) is 13.4. The van der Waals surface area contributed by atoms with Gasteiger partial charge in [0.05, 0.1) is 10.7 Å². The Labute approximate surface area is 201 Å². The lowest BCUT2D eigenvalue weighted by Gasteiger charge is -2.37. The van der Waals surface area contributed by atoms with Crippen molar-refractivity contribution < 1.29 is 8.42 Å². The van der Waals surface area contributed by atoms with Crippen molar-refractivity contribution in [1.82, 2.24) is 4.31 Å². The Hall–Kier alpha value is -2.34. The van der Waals surface area contributed by atoms with E-state index in [9.17, 15) is 8.42 Å². The predicted molar refractivity (Wildman–Crippen MR) is 135 cm³/mol. The number of hydrogen-bond donors (Lipinski definition) is 1. The molecule has 4 nitrogen and oxygen atoms in total. The highest BCUT2D eigenvalue weighted by Crippen LogP contribution is 2.42. The number of aryl methyl sites for hydroxylation is 3. The SMILES string of the molecule is Cc1ccc(NS(=O)(=O)N2CCCC(C3c4ccccc4CCc4ccccc43)C2)c(Cl)c1. The van der Waals surface area contributed by atoms with Gasteiger partial charge in [0.2, 0.25) is 0 Å². The largest absolute Gasteiger partial charge is 0.301 e. The van der Waals surface area contributed by atoms with E-state index < -0.39 is 10.2 Å². The summed E-state index contributed by atoms with van der Waals surface area (Å²) < 4.78 is 31.0. The number of hydrogen-bond acceptors (Lipinski definition) is 2. The van der Waals surface area contributed by atoms with Crippen LogP contribution in [0.5, 0.6) is 0 Å². The molecule has 0 saturated carbocycles. The minimum atomic E-state index is -3.71. The van der Waals surface area contributed by atoms with E-state index in [1.807, 2.05) is 13.0 Å². The summed E-state index contributed by atoms with van der Waals surface area (Å²) in [6, 6.07) is 22.7. The van der Waals surface area contributed by atoms with E-state index in [1.54, 1.807) is 16.4 Å². The first-order chi connectivity index (χ1) is 15.9. The van der Waals surface area contributed by atoms with E-state index in [4.69, 9.17) is 11.6 Å². The van der Waals surface area contributed by atoms with Crippen molar-refractivity contribution in [3.05, 3.63) is 99.6 Å². The molecule has 1 fully saturated rings. The highest BCUT2D eigenvalue weighted by Gasteiger charge is 2.36. The predicted octanol–water partition coefficient (Wildman–Crippen LogP) is 5.95. The number of fused-ring (bicyclic) bond motifs is 2. The molecule has 1 atom stereocenters. The quantitative estimate of drug-likeness (QED) is 0.501. The molecule has 2 aliphatic rings. The first kappa shape index (κ1) is 22.5. The average Bonchev–Trinajstić information content (AvgIpc) is 2.98. The molecule has 6 heteroatoms. The number of anilines is 1. The highest BCUT2D eigenvalue weighted by atomic mass is 35.5. The average molecular weight is 481 g/mol. The third kappa shape index (κ3) is 4.54. The molecule has 5 rings (SSSR count). The summed E-state index contributed by atoms with van der Waals surface area (Å²) in [5, 5.41) is 0.416. The molecule has 0 aromatic heterocycles. The molecule has 172 valence electrons. The molecule has 0 amide bonds. The second-order valence-electron chi connectivity index (χ2n) is 9.23. The van der Waals surface area contributed by atoms with Crippen LogP contribution in [0.1, 0.15) is 46.6 Å². The van der Waals surface area contributed by atoms with Gasteiger partial charge < -0.3 is 0 Å². The fourth-order valence-electron chi connectivity index (χ4n) is 5.45. The molecule has 1 aliphatic carbocycles. The first-order valence-electron chi connectivity index (χ1n) is 11.6. The van der Waals surface area contributed by atoms with Crippen molar-refractivity contribution in [3.8, 4) is 0 Å². The lowest BCUT2D eigenvalue weighted by molar-refractivity contribution is 0.249. The van der Waals surface area contributed by atoms with Crippen molar-refractivity contribution in [2.24, 2.45) is 5.92 Å². The van der Waals surface area contributed by atoms with Gasteiger partial charge in [-0.1, -0.05) is 66.2 Å². The second-order valence-corrected chi connectivity index (χ2v) is 11.3. The van der Waals surface area contributed by atoms with Crippen LogP contribution in [0.4, 0.5) is 5.69 Å². The molecule has 1 unspecified atom stereocenters. The molecule has 1 saturated heterocycles. The van der Waals surface area contributed by atoms with Crippen LogP contribution in [0, 0.1) is 12.8 Å². The number of piperidine rings is 1. The van der Waals surface area contributed by atoms with Gasteiger partial charge in [0.25, 0.3) is 0 Å². The van der Waals surface area contributed by atoms with Gasteiger partial charge in [0.15, 0.2) is 0 Å². The van der Waals surface area contributed by atoms with Crippen LogP contribution in [0.2, 0.25) is 5.02 Å². The Morgan fingerprint density at radius 2 is 1.58 bits per heavy atom. The van der Waals surface area contributed by atoms with Crippen molar-refractivity contribution in [3.63, 3.8) is 0 Å². The second kappa shape index (κ2) is 9.13. The van der Waals surface area contributed by atoms with Gasteiger partial charge in [0.1, 0.15) is 0 Å². The zero-order valence-corrected chi connectivity index (χ0v) is 20.4. The summed E-state index contributed by atoms with van der Waals surface area (Å²) in [6.07, 6.45) is 3.89. The molecule has 1 aliphatic heterocycles. The molecule has 1 heterocycles. The Morgan fingerprint density at radius 3 is 2.21 bits per heavy atom. The van der Waals surface area contributed by atoms with E-state index >= 15 is 0 Å². The minimum Gasteiger partial charge on any atom is -0.269 e. The fraction of sp³-hybridized carbons (Fsp3) is 0.333. The molecule has 33 heavy (non-hydrogen) atoms. The maximum absolute atomic E-state index is 13.3. The third-order valence-electron chi connectivity index (χ3n) is 7.04. The third-order valence-corrected chi connectivity index (χ3v) is 8.84. The van der Waals surface area contributed by atoms with Gasteiger partial charge in [-0.2, -0.15) is 12.7 Å². The van der Waals surface area contributed by atoms with Gasteiger partial charge in [-0.05, 0) is 78.5 Å². The van der Waals surface area contributed by atoms with Gasteiger partial charge in [-0.3, -0.25) is 4.72 Å². The Bertz CT molecular complexity index is 1230. The van der Waals surface area contributed by atoms with Gasteiger partial charge >= 0.3 is 10.2 Å². The van der Waals surface area contributed by atoms with Crippen molar-refractivity contribution >= 4 is 27.5 Å². The Kier molecular flexibility index (Phi) is 6.21. The summed E-state index contributed by atoms with van der Waals surface area (Å²) in [5.74, 6) is 0.407. The van der Waals surface area contributed by atoms with E-state index in [1.165, 1.54) is 22.3 Å². The maximum Gasteiger partial charge on any atom is 0.301 e. The maximum atomic E-state index is 13.3. The monoisotopic (exact) mass is 480 g/mol. The van der Waals surface area contributed by atoms with Crippen LogP contribution in [0.15, 0.2) is 66.7 Å². The molecule has 3 aromatic carbocycles. The topological polar surface area (TPSA) is 49.4 Å². The Balaban J connectivity index is 1.46. The normalized spacial score (nSPS) is 19.4. The Morgan fingerprint density at radius 1 is 0.939 bits per heavy atom. The summed E-state index contributed by atoms with van der Waals surface area (Å²) in [5.41, 5.74) is 6.87. The highest BCUT2D eigenvalue weighted by molar-refractivity contribution is 7.90. The number of nitrogens with one attached hydrogen (secondary N) is 1. The zero-order valence-electron chi connectivity index (χ0n) is 18.8. The minimum absolute atomic E-state index is 0.195. The smallest absolute Gasteiger partial charge is 0.269 e. The van der Waals surface area contributed by atoms with Crippen LogP contribution >= 0.6 is 11.6 Å². The molecule has 0 bridgehead atoms. The van der Waals surface area contributed by atoms with Gasteiger partial charge in [-0.15, -0.1) is 0 Å². The number of halogens is 1. The van der Waals surface area contributed by atoms with E-state index in [0.29, 0.717) is 23.8 Å². The van der Waals surface area contributed by atoms with Crippen molar-refractivity contribution in [2.75, 3.05) is 17.8 Å². The molecular weight excluding hydrogens is 452 g/mol. The van der Waals surface area contributed by atoms with Crippen molar-refractivity contribution in [2.45, 2.75) is 38.5 Å². The molecular formula is C27H29ClN2O2S. The number of nitrogens with zero attached hydrogens (tertiary/aromatic N) is 1. The van der Waals surface area contributed by atoms with Gasteiger partial charge in [-0.25, -0.2) is 0 Å². The van der Waals surface area contributed by atoms with Crippen molar-refractivity contribution in [1.29, 1.82) is 0 Å². The van der Waals surface area contributed by atoms with E-state index in [-0.39, 0.29) is 11.8 Å². The molecule has 3 aromatic rings.